The normalized spacial score (nSPS) is 10.2. The van der Waals surface area contributed by atoms with Crippen molar-refractivity contribution < 1.29 is 19.5 Å². The van der Waals surface area contributed by atoms with E-state index in [2.05, 4.69) is 10.6 Å². The average Bonchev–Trinajstić information content (AvgIpc) is 2.63. The van der Waals surface area contributed by atoms with Crippen molar-refractivity contribution in [3.05, 3.63) is 64.2 Å². The molecule has 0 atom stereocenters. The van der Waals surface area contributed by atoms with Crippen molar-refractivity contribution in [3.8, 4) is 0 Å². The van der Waals surface area contributed by atoms with Crippen LogP contribution < -0.4 is 16.5 Å². The maximum absolute atomic E-state index is 12.5. The lowest BCUT2D eigenvalue weighted by molar-refractivity contribution is 0.0698. The molecule has 27 heavy (non-hydrogen) atoms. The van der Waals surface area contributed by atoms with Gasteiger partial charge in [0.15, 0.2) is 0 Å². The Labute approximate surface area is 156 Å². The fraction of sp³-hybridized carbons (Fsp3) is 0.211. The van der Waals surface area contributed by atoms with Crippen molar-refractivity contribution in [2.45, 2.75) is 20.4 Å². The molecule has 2 aromatic rings. The van der Waals surface area contributed by atoms with E-state index in [9.17, 15) is 19.5 Å². The fourth-order valence-electron chi connectivity index (χ4n) is 2.77. The lowest BCUT2D eigenvalue weighted by Gasteiger charge is -2.20. The summed E-state index contributed by atoms with van der Waals surface area (Å²) in [6, 6.07) is 9.17. The molecular weight excluding hydrogens is 348 g/mol. The van der Waals surface area contributed by atoms with Crippen LogP contribution in [0.2, 0.25) is 0 Å². The number of urea groups is 1. The van der Waals surface area contributed by atoms with Crippen LogP contribution in [0.4, 0.5) is 10.5 Å². The highest BCUT2D eigenvalue weighted by atomic mass is 16.4. The Bertz CT molecular complexity index is 875. The number of carboxylic acids is 1. The van der Waals surface area contributed by atoms with E-state index in [-0.39, 0.29) is 23.4 Å². The van der Waals surface area contributed by atoms with E-state index < -0.39 is 17.9 Å². The molecule has 0 radical (unpaired) electrons. The first-order valence-electron chi connectivity index (χ1n) is 8.23. The third-order valence-electron chi connectivity index (χ3n) is 4.24. The Morgan fingerprint density at radius 2 is 1.59 bits per heavy atom. The van der Waals surface area contributed by atoms with Crippen LogP contribution in [0.3, 0.4) is 0 Å². The topological polar surface area (TPSA) is 125 Å². The smallest absolute Gasteiger partial charge is 0.338 e. The van der Waals surface area contributed by atoms with Gasteiger partial charge in [-0.1, -0.05) is 24.3 Å². The van der Waals surface area contributed by atoms with Gasteiger partial charge in [-0.3, -0.25) is 15.1 Å². The maximum Gasteiger partial charge on any atom is 0.338 e. The standard InChI is InChI=1S/C19H22N4O4/c1-11-6-4-7-12(2)15(11)10-23(20)19(27)22-17(24)13-8-5-9-14(18(25)26)16(13)21-3/h4-9,21H,10,20H2,1-3H3,(H,25,26)(H,22,24,27). The number of nitrogens with one attached hydrogen (secondary N) is 2. The van der Waals surface area contributed by atoms with Crippen LogP contribution in [0.1, 0.15) is 37.4 Å². The van der Waals surface area contributed by atoms with Gasteiger partial charge in [0, 0.05) is 7.05 Å². The molecule has 0 aliphatic carbocycles. The molecule has 0 fully saturated rings. The number of aryl methyl sites for hydroxylation is 2. The van der Waals surface area contributed by atoms with Crippen molar-refractivity contribution in [3.63, 3.8) is 0 Å². The third kappa shape index (κ3) is 4.42. The highest BCUT2D eigenvalue weighted by Crippen LogP contribution is 2.21. The minimum atomic E-state index is -1.18. The number of hydrogen-bond acceptors (Lipinski definition) is 5. The Morgan fingerprint density at radius 1 is 1.04 bits per heavy atom. The van der Waals surface area contributed by atoms with E-state index in [0.717, 1.165) is 21.7 Å². The van der Waals surface area contributed by atoms with Crippen molar-refractivity contribution in [1.82, 2.24) is 10.3 Å². The predicted molar refractivity (Wildman–Crippen MR) is 101 cm³/mol. The van der Waals surface area contributed by atoms with Gasteiger partial charge in [0.05, 0.1) is 23.4 Å². The second-order valence-electron chi connectivity index (χ2n) is 6.04. The van der Waals surface area contributed by atoms with Gasteiger partial charge in [-0.2, -0.15) is 0 Å². The summed E-state index contributed by atoms with van der Waals surface area (Å²) in [5.74, 6) is 3.89. The Balaban J connectivity index is 2.17. The van der Waals surface area contributed by atoms with Gasteiger partial charge in [0.2, 0.25) is 0 Å². The molecule has 5 N–H and O–H groups in total. The van der Waals surface area contributed by atoms with Crippen LogP contribution in [-0.4, -0.2) is 35.1 Å². The minimum absolute atomic E-state index is 0.0335. The number of carbonyl (C=O) groups is 3. The van der Waals surface area contributed by atoms with E-state index in [1.807, 2.05) is 32.0 Å². The van der Waals surface area contributed by atoms with Crippen molar-refractivity contribution in [2.75, 3.05) is 12.4 Å². The maximum atomic E-state index is 12.5. The second-order valence-corrected chi connectivity index (χ2v) is 6.04. The summed E-state index contributed by atoms with van der Waals surface area (Å²) in [5, 5.41) is 15.0. The predicted octanol–water partition coefficient (Wildman–Crippen LogP) is 2.27. The summed E-state index contributed by atoms with van der Waals surface area (Å²) in [4.78, 5) is 36.0. The largest absolute Gasteiger partial charge is 0.478 e. The molecule has 0 saturated carbocycles. The molecule has 8 heteroatoms. The van der Waals surface area contributed by atoms with Crippen LogP contribution >= 0.6 is 0 Å². The molecule has 0 aromatic heterocycles. The highest BCUT2D eigenvalue weighted by molar-refractivity contribution is 6.10. The first-order valence-corrected chi connectivity index (χ1v) is 8.23. The molecule has 0 aliphatic rings. The zero-order chi connectivity index (χ0) is 20.1. The molecule has 2 rings (SSSR count). The van der Waals surface area contributed by atoms with Crippen molar-refractivity contribution >= 4 is 23.6 Å². The number of aromatic carboxylic acids is 1. The summed E-state index contributed by atoms with van der Waals surface area (Å²) in [6.07, 6.45) is 0. The molecule has 2 aromatic carbocycles. The number of imide groups is 1. The second kappa shape index (κ2) is 8.33. The number of benzene rings is 2. The quantitative estimate of drug-likeness (QED) is 0.363. The molecular formula is C19H22N4O4. The Kier molecular flexibility index (Phi) is 6.15. The lowest BCUT2D eigenvalue weighted by Crippen LogP contribution is -2.46. The number of carbonyl (C=O) groups excluding carboxylic acids is 2. The Morgan fingerprint density at radius 3 is 2.15 bits per heavy atom. The van der Waals surface area contributed by atoms with E-state index in [1.165, 1.54) is 25.2 Å². The number of nitrogens with zero attached hydrogens (tertiary/aromatic N) is 1. The fourth-order valence-corrected chi connectivity index (χ4v) is 2.77. The van der Waals surface area contributed by atoms with E-state index in [4.69, 9.17) is 5.84 Å². The first-order chi connectivity index (χ1) is 12.8. The number of hydrazine groups is 1. The number of rotatable bonds is 5. The molecule has 0 bridgehead atoms. The number of hydrogen-bond donors (Lipinski definition) is 4. The van der Waals surface area contributed by atoms with E-state index >= 15 is 0 Å². The number of para-hydroxylation sites is 1. The third-order valence-corrected chi connectivity index (χ3v) is 4.24. The summed E-state index contributed by atoms with van der Waals surface area (Å²) in [7, 11) is 1.50. The average molecular weight is 370 g/mol. The lowest BCUT2D eigenvalue weighted by atomic mass is 10.0. The van der Waals surface area contributed by atoms with Gasteiger partial charge in [-0.25, -0.2) is 15.4 Å². The van der Waals surface area contributed by atoms with Gasteiger partial charge in [0.25, 0.3) is 5.91 Å². The number of carboxylic acid groups (broad SMARTS) is 1. The number of anilines is 1. The van der Waals surface area contributed by atoms with Crippen molar-refractivity contribution in [1.29, 1.82) is 0 Å². The minimum Gasteiger partial charge on any atom is -0.478 e. The van der Waals surface area contributed by atoms with E-state index in [0.29, 0.717) is 0 Å². The van der Waals surface area contributed by atoms with Crippen LogP contribution in [0, 0.1) is 13.8 Å². The zero-order valence-electron chi connectivity index (χ0n) is 15.4. The van der Waals surface area contributed by atoms with Crippen LogP contribution in [0.5, 0.6) is 0 Å². The Hall–Kier alpha value is -3.39. The van der Waals surface area contributed by atoms with Crippen molar-refractivity contribution in [2.24, 2.45) is 5.84 Å². The van der Waals surface area contributed by atoms with Gasteiger partial charge in [0.1, 0.15) is 0 Å². The van der Waals surface area contributed by atoms with Gasteiger partial charge >= 0.3 is 12.0 Å². The molecule has 8 nitrogen and oxygen atoms in total. The molecule has 142 valence electrons. The number of nitrogens with two attached hydrogens (primary N) is 1. The van der Waals surface area contributed by atoms with Gasteiger partial charge in [-0.15, -0.1) is 0 Å². The summed E-state index contributed by atoms with van der Waals surface area (Å²) in [5.41, 5.74) is 2.94. The first kappa shape index (κ1) is 19.9. The van der Waals surface area contributed by atoms with Gasteiger partial charge in [-0.05, 0) is 42.7 Å². The molecule has 0 saturated heterocycles. The molecule has 0 unspecified atom stereocenters. The van der Waals surface area contributed by atoms with Crippen LogP contribution in [-0.2, 0) is 6.54 Å². The molecule has 0 spiro atoms. The SMILES string of the molecule is CNc1c(C(=O)O)cccc1C(=O)NC(=O)N(N)Cc1c(C)cccc1C. The molecule has 0 heterocycles. The summed E-state index contributed by atoms with van der Waals surface area (Å²) < 4.78 is 0. The van der Waals surface area contributed by atoms with E-state index in [1.54, 1.807) is 0 Å². The van der Waals surface area contributed by atoms with Crippen LogP contribution in [0.25, 0.3) is 0 Å². The number of amides is 3. The summed E-state index contributed by atoms with van der Waals surface area (Å²) >= 11 is 0. The zero-order valence-corrected chi connectivity index (χ0v) is 15.4. The molecule has 3 amide bonds. The monoisotopic (exact) mass is 370 g/mol. The van der Waals surface area contributed by atoms with Gasteiger partial charge < -0.3 is 10.4 Å². The summed E-state index contributed by atoms with van der Waals surface area (Å²) in [6.45, 7) is 3.96. The van der Waals surface area contributed by atoms with Crippen LogP contribution in [0.15, 0.2) is 36.4 Å². The highest BCUT2D eigenvalue weighted by Gasteiger charge is 2.21. The molecule has 0 aliphatic heterocycles.